The molecule has 0 bridgehead atoms. The third-order valence-electron chi connectivity index (χ3n) is 7.81. The molecular formula is C23H39N3O3. The van der Waals surface area contributed by atoms with Crippen molar-refractivity contribution in [1.29, 1.82) is 0 Å². The van der Waals surface area contributed by atoms with Gasteiger partial charge in [0, 0.05) is 44.6 Å². The van der Waals surface area contributed by atoms with E-state index in [0.717, 1.165) is 84.2 Å². The van der Waals surface area contributed by atoms with Crippen molar-refractivity contribution < 1.29 is 14.3 Å². The van der Waals surface area contributed by atoms with E-state index in [-0.39, 0.29) is 17.9 Å². The number of likely N-dealkylation sites (tertiary alicyclic amines) is 2. The number of hydrogen-bond acceptors (Lipinski definition) is 4. The summed E-state index contributed by atoms with van der Waals surface area (Å²) in [5.41, 5.74) is 0.467. The third-order valence-corrected chi connectivity index (χ3v) is 7.81. The van der Waals surface area contributed by atoms with Crippen LogP contribution in [0.4, 0.5) is 0 Å². The highest BCUT2D eigenvalue weighted by Gasteiger charge is 2.38. The molecule has 4 fully saturated rings. The van der Waals surface area contributed by atoms with Crippen LogP contribution in [0, 0.1) is 11.3 Å². The standard InChI is InChI=1S/C23H39N3O3/c1-23(10-11-23)9-4-21(27)26-14-7-19(8-15-26)25-12-5-18(6-13-25)22(28)24-17-20-3-2-16-29-20/h18-20H,2-17H2,1H3,(H,24,28). The van der Waals surface area contributed by atoms with Gasteiger partial charge in [-0.1, -0.05) is 6.92 Å². The Morgan fingerprint density at radius 1 is 1.03 bits per heavy atom. The summed E-state index contributed by atoms with van der Waals surface area (Å²) in [5.74, 6) is 0.723. The van der Waals surface area contributed by atoms with Gasteiger partial charge in [-0.2, -0.15) is 0 Å². The van der Waals surface area contributed by atoms with Crippen LogP contribution < -0.4 is 5.32 Å². The fourth-order valence-corrected chi connectivity index (χ4v) is 5.20. The van der Waals surface area contributed by atoms with Crippen LogP contribution >= 0.6 is 0 Å². The second-order valence-corrected chi connectivity index (χ2v) is 10.1. The number of amides is 2. The van der Waals surface area contributed by atoms with E-state index in [9.17, 15) is 9.59 Å². The first-order valence-electron chi connectivity index (χ1n) is 11.9. The van der Waals surface area contributed by atoms with Gasteiger partial charge in [0.1, 0.15) is 0 Å². The number of carbonyl (C=O) groups is 2. The normalized spacial score (nSPS) is 28.4. The van der Waals surface area contributed by atoms with Crippen LogP contribution in [-0.4, -0.2) is 73.1 Å². The molecule has 1 saturated carbocycles. The van der Waals surface area contributed by atoms with Crippen molar-refractivity contribution in [2.24, 2.45) is 11.3 Å². The zero-order valence-electron chi connectivity index (χ0n) is 18.2. The van der Waals surface area contributed by atoms with Crippen LogP contribution in [0.3, 0.4) is 0 Å². The molecule has 0 aromatic rings. The Kier molecular flexibility index (Phi) is 6.80. The van der Waals surface area contributed by atoms with Crippen LogP contribution in [0.1, 0.15) is 71.1 Å². The number of nitrogens with one attached hydrogen (secondary N) is 1. The highest BCUT2D eigenvalue weighted by atomic mass is 16.5. The Hall–Kier alpha value is -1.14. The maximum absolute atomic E-state index is 12.5. The molecule has 0 aromatic carbocycles. The summed E-state index contributed by atoms with van der Waals surface area (Å²) in [6, 6.07) is 0.580. The number of carbonyl (C=O) groups excluding carboxylic acids is 2. The molecule has 164 valence electrons. The Labute approximate surface area is 175 Å². The predicted molar refractivity (Wildman–Crippen MR) is 112 cm³/mol. The van der Waals surface area contributed by atoms with Crippen molar-refractivity contribution >= 4 is 11.8 Å². The molecule has 1 unspecified atom stereocenters. The van der Waals surface area contributed by atoms with E-state index >= 15 is 0 Å². The van der Waals surface area contributed by atoms with Gasteiger partial charge in [-0.05, 0) is 76.3 Å². The Morgan fingerprint density at radius 3 is 2.38 bits per heavy atom. The highest BCUT2D eigenvalue weighted by Crippen LogP contribution is 2.49. The van der Waals surface area contributed by atoms with Gasteiger partial charge in [0.2, 0.25) is 11.8 Å². The van der Waals surface area contributed by atoms with E-state index in [1.165, 1.54) is 12.8 Å². The van der Waals surface area contributed by atoms with Crippen molar-refractivity contribution in [1.82, 2.24) is 15.1 Å². The van der Waals surface area contributed by atoms with E-state index in [4.69, 9.17) is 4.74 Å². The largest absolute Gasteiger partial charge is 0.376 e. The molecule has 1 aliphatic carbocycles. The van der Waals surface area contributed by atoms with Gasteiger partial charge in [0.25, 0.3) is 0 Å². The van der Waals surface area contributed by atoms with E-state index in [1.807, 2.05) is 0 Å². The summed E-state index contributed by atoms with van der Waals surface area (Å²) in [7, 11) is 0. The lowest BCUT2D eigenvalue weighted by Gasteiger charge is -2.41. The molecule has 4 aliphatic rings. The molecule has 4 rings (SSSR count). The van der Waals surface area contributed by atoms with Crippen molar-refractivity contribution in [2.75, 3.05) is 39.3 Å². The van der Waals surface area contributed by atoms with Gasteiger partial charge in [0.15, 0.2) is 0 Å². The molecular weight excluding hydrogens is 366 g/mol. The minimum atomic E-state index is 0.151. The maximum atomic E-state index is 12.5. The minimum Gasteiger partial charge on any atom is -0.376 e. The van der Waals surface area contributed by atoms with E-state index in [0.29, 0.717) is 23.9 Å². The topological polar surface area (TPSA) is 61.9 Å². The fraction of sp³-hybridized carbons (Fsp3) is 0.913. The first kappa shape index (κ1) is 21.1. The van der Waals surface area contributed by atoms with E-state index in [2.05, 4.69) is 22.0 Å². The van der Waals surface area contributed by atoms with Crippen LogP contribution in [-0.2, 0) is 14.3 Å². The Balaban J connectivity index is 1.12. The minimum absolute atomic E-state index is 0.151. The van der Waals surface area contributed by atoms with Crippen molar-refractivity contribution in [3.63, 3.8) is 0 Å². The molecule has 0 radical (unpaired) electrons. The van der Waals surface area contributed by atoms with Crippen molar-refractivity contribution in [2.45, 2.75) is 83.3 Å². The molecule has 3 saturated heterocycles. The second-order valence-electron chi connectivity index (χ2n) is 10.1. The second kappa shape index (κ2) is 9.34. The smallest absolute Gasteiger partial charge is 0.223 e. The van der Waals surface area contributed by atoms with Gasteiger partial charge in [-0.15, -0.1) is 0 Å². The van der Waals surface area contributed by atoms with Crippen LogP contribution in [0.15, 0.2) is 0 Å². The summed E-state index contributed by atoms with van der Waals surface area (Å²) in [5, 5.41) is 3.11. The lowest BCUT2D eigenvalue weighted by atomic mass is 9.92. The number of nitrogens with zero attached hydrogens (tertiary/aromatic N) is 2. The average molecular weight is 406 g/mol. The molecule has 1 atom stereocenters. The highest BCUT2D eigenvalue weighted by molar-refractivity contribution is 5.78. The zero-order valence-corrected chi connectivity index (χ0v) is 18.2. The molecule has 3 heterocycles. The SMILES string of the molecule is CC1(CCC(=O)N2CCC(N3CCC(C(=O)NCC4CCCO4)CC3)CC2)CC1. The first-order chi connectivity index (χ1) is 14.0. The molecule has 0 aromatic heterocycles. The van der Waals surface area contributed by atoms with Crippen LogP contribution in [0.25, 0.3) is 0 Å². The Bertz CT molecular complexity index is 570. The predicted octanol–water partition coefficient (Wildman–Crippen LogP) is 2.56. The zero-order chi connectivity index (χ0) is 20.3. The third kappa shape index (κ3) is 5.72. The fourth-order valence-electron chi connectivity index (χ4n) is 5.20. The van der Waals surface area contributed by atoms with Crippen LogP contribution in [0.5, 0.6) is 0 Å². The number of piperidine rings is 2. The lowest BCUT2D eigenvalue weighted by molar-refractivity contribution is -0.133. The molecule has 6 heteroatoms. The molecule has 1 N–H and O–H groups in total. The first-order valence-corrected chi connectivity index (χ1v) is 11.9. The van der Waals surface area contributed by atoms with Gasteiger partial charge in [0.05, 0.1) is 6.10 Å². The van der Waals surface area contributed by atoms with E-state index < -0.39 is 0 Å². The molecule has 2 amide bonds. The summed E-state index contributed by atoms with van der Waals surface area (Å²) in [4.78, 5) is 29.6. The number of rotatable bonds is 7. The van der Waals surface area contributed by atoms with Gasteiger partial charge < -0.3 is 19.9 Å². The summed E-state index contributed by atoms with van der Waals surface area (Å²) in [6.07, 6.45) is 10.9. The van der Waals surface area contributed by atoms with Gasteiger partial charge >= 0.3 is 0 Å². The van der Waals surface area contributed by atoms with E-state index in [1.54, 1.807) is 0 Å². The Morgan fingerprint density at radius 2 is 1.76 bits per heavy atom. The summed E-state index contributed by atoms with van der Waals surface area (Å²) in [6.45, 7) is 7.64. The van der Waals surface area contributed by atoms with Crippen molar-refractivity contribution in [3.8, 4) is 0 Å². The van der Waals surface area contributed by atoms with Crippen LogP contribution in [0.2, 0.25) is 0 Å². The maximum Gasteiger partial charge on any atom is 0.223 e. The van der Waals surface area contributed by atoms with Gasteiger partial charge in [-0.25, -0.2) is 0 Å². The quantitative estimate of drug-likeness (QED) is 0.707. The summed E-state index contributed by atoms with van der Waals surface area (Å²) < 4.78 is 5.60. The molecule has 29 heavy (non-hydrogen) atoms. The van der Waals surface area contributed by atoms with Crippen molar-refractivity contribution in [3.05, 3.63) is 0 Å². The average Bonchev–Trinajstić information content (AvgIpc) is 3.26. The van der Waals surface area contributed by atoms with Gasteiger partial charge in [-0.3, -0.25) is 9.59 Å². The number of ether oxygens (including phenoxy) is 1. The number of hydrogen-bond donors (Lipinski definition) is 1. The molecule has 0 spiro atoms. The molecule has 3 aliphatic heterocycles. The summed E-state index contributed by atoms with van der Waals surface area (Å²) >= 11 is 0. The molecule has 6 nitrogen and oxygen atoms in total. The monoisotopic (exact) mass is 405 g/mol. The lowest BCUT2D eigenvalue weighted by Crippen LogP contribution is -2.50.